The third kappa shape index (κ3) is 8.12. The molecular weight excluding hydrogens is 730 g/mol. The van der Waals surface area contributed by atoms with Crippen molar-refractivity contribution in [3.8, 4) is 5.75 Å². The van der Waals surface area contributed by atoms with Gasteiger partial charge in [0.2, 0.25) is 6.29 Å². The van der Waals surface area contributed by atoms with Crippen LogP contribution in [0.15, 0.2) is 42.0 Å². The highest BCUT2D eigenvalue weighted by molar-refractivity contribution is 6.33. The second-order valence-electron chi connectivity index (χ2n) is 15.8. The molecule has 0 N–H and O–H groups in total. The molecule has 0 aromatic heterocycles. The Hall–Kier alpha value is -4.42. The summed E-state index contributed by atoms with van der Waals surface area (Å²) >= 11 is 7.32. The Kier molecular flexibility index (Phi) is 11.3. The fourth-order valence-electron chi connectivity index (χ4n) is 9.47. The number of rotatable bonds is 11. The molecule has 4 saturated carbocycles. The van der Waals surface area contributed by atoms with Crippen molar-refractivity contribution in [1.82, 2.24) is 5.06 Å². The number of carbonyl (C=O) groups excluding carboxylic acids is 5. The van der Waals surface area contributed by atoms with Crippen molar-refractivity contribution in [1.29, 1.82) is 0 Å². The van der Waals surface area contributed by atoms with Gasteiger partial charge in [-0.05, 0) is 109 Å². The molecule has 6 aliphatic rings. The standard InChI is InChI=1S/C42H48ClNO11/c1-21-22(2)39(52-24(4)46)42(54-34(21)20-51-23(3)45)53-33-19-28(12-25-6-8-29(9-7-25)41(49)55-44-35(47)10-11-36(44)48)18-32(38(33)43)40(50-5)37-30-14-26-13-27(16-30)17-31(37)15-26/h6-9,18-19,21-22,26-27,30-31,34,39,42H,10-17,20H2,1-5H3/t21-,22+,26?,27?,30?,31?,34?,39?,42-/m1/s1. The number of nitrogens with zero attached hydrogens (tertiary/aromatic N) is 1. The molecule has 55 heavy (non-hydrogen) atoms. The van der Waals surface area contributed by atoms with Crippen molar-refractivity contribution in [3.63, 3.8) is 0 Å². The number of hydrogen-bond acceptors (Lipinski definition) is 11. The Labute approximate surface area is 325 Å². The lowest BCUT2D eigenvalue weighted by Crippen LogP contribution is -2.54. The zero-order chi connectivity index (χ0) is 39.1. The van der Waals surface area contributed by atoms with E-state index in [4.69, 9.17) is 40.1 Å². The van der Waals surface area contributed by atoms with Gasteiger partial charge in [0, 0.05) is 38.2 Å². The van der Waals surface area contributed by atoms with Crippen molar-refractivity contribution in [2.24, 2.45) is 35.5 Å². The van der Waals surface area contributed by atoms with Crippen LogP contribution in [0.1, 0.15) is 99.7 Å². The van der Waals surface area contributed by atoms with E-state index in [-0.39, 0.29) is 36.8 Å². The van der Waals surface area contributed by atoms with Crippen molar-refractivity contribution in [2.75, 3.05) is 13.7 Å². The van der Waals surface area contributed by atoms with Gasteiger partial charge in [-0.1, -0.05) is 37.6 Å². The molecule has 2 aromatic carbocycles. The molecule has 0 spiro atoms. The summed E-state index contributed by atoms with van der Waals surface area (Å²) in [6.45, 7) is 6.58. The number of benzene rings is 2. The molecule has 5 atom stereocenters. The van der Waals surface area contributed by atoms with Crippen LogP contribution in [-0.2, 0) is 49.4 Å². The first-order chi connectivity index (χ1) is 26.3. The van der Waals surface area contributed by atoms with Gasteiger partial charge in [-0.15, -0.1) is 5.06 Å². The molecule has 2 saturated heterocycles. The highest BCUT2D eigenvalue weighted by Gasteiger charge is 2.48. The van der Waals surface area contributed by atoms with Gasteiger partial charge in [-0.3, -0.25) is 19.2 Å². The Morgan fingerprint density at radius 3 is 2.07 bits per heavy atom. The zero-order valence-corrected chi connectivity index (χ0v) is 32.6. The number of allylic oxidation sites excluding steroid dienone is 1. The van der Waals surface area contributed by atoms with Crippen molar-refractivity contribution in [3.05, 3.63) is 69.2 Å². The Balaban J connectivity index is 1.23. The smallest absolute Gasteiger partial charge is 0.363 e. The summed E-state index contributed by atoms with van der Waals surface area (Å²) in [5.74, 6) is 0.210. The predicted molar refractivity (Wildman–Crippen MR) is 198 cm³/mol. The molecule has 2 heterocycles. The van der Waals surface area contributed by atoms with Gasteiger partial charge in [0.15, 0.2) is 6.10 Å². The van der Waals surface area contributed by atoms with Gasteiger partial charge in [-0.25, -0.2) is 4.79 Å². The molecule has 2 aromatic rings. The lowest BCUT2D eigenvalue weighted by atomic mass is 9.54. The van der Waals surface area contributed by atoms with E-state index < -0.39 is 48.2 Å². The summed E-state index contributed by atoms with van der Waals surface area (Å²) in [6, 6.07) is 10.6. The molecule has 294 valence electrons. The van der Waals surface area contributed by atoms with Gasteiger partial charge in [0.1, 0.15) is 18.1 Å². The highest BCUT2D eigenvalue weighted by atomic mass is 35.5. The molecule has 2 unspecified atom stereocenters. The van der Waals surface area contributed by atoms with E-state index in [0.717, 1.165) is 54.4 Å². The molecule has 6 fully saturated rings. The van der Waals surface area contributed by atoms with Gasteiger partial charge in [0.05, 0.1) is 23.8 Å². The fourth-order valence-corrected chi connectivity index (χ4v) is 9.71. The Bertz CT molecular complexity index is 1840. The number of hydrogen-bond donors (Lipinski definition) is 0. The van der Waals surface area contributed by atoms with Crippen LogP contribution in [-0.4, -0.2) is 67.0 Å². The van der Waals surface area contributed by atoms with Crippen LogP contribution in [0, 0.1) is 35.5 Å². The number of methoxy groups -OCH3 is 1. The second kappa shape index (κ2) is 16.0. The van der Waals surface area contributed by atoms with Crippen LogP contribution >= 0.6 is 11.6 Å². The minimum Gasteiger partial charge on any atom is -0.496 e. The van der Waals surface area contributed by atoms with E-state index >= 15 is 0 Å². The number of carbonyl (C=O) groups is 5. The van der Waals surface area contributed by atoms with Crippen LogP contribution in [0.4, 0.5) is 0 Å². The maximum atomic E-state index is 12.8. The maximum Gasteiger partial charge on any atom is 0.363 e. The topological polar surface area (TPSA) is 144 Å². The van der Waals surface area contributed by atoms with Crippen molar-refractivity contribution in [2.45, 2.75) is 97.6 Å². The van der Waals surface area contributed by atoms with Gasteiger partial charge in [0.25, 0.3) is 11.8 Å². The molecular formula is C42H48ClNO11. The first-order valence-corrected chi connectivity index (χ1v) is 19.6. The second-order valence-corrected chi connectivity index (χ2v) is 16.2. The summed E-state index contributed by atoms with van der Waals surface area (Å²) in [4.78, 5) is 65.9. The number of hydroxylamine groups is 2. The van der Waals surface area contributed by atoms with Crippen LogP contribution in [0.2, 0.25) is 5.02 Å². The van der Waals surface area contributed by atoms with E-state index in [9.17, 15) is 24.0 Å². The van der Waals surface area contributed by atoms with E-state index in [1.165, 1.54) is 25.8 Å². The fraction of sp³-hybridized carbons (Fsp3) is 0.548. The van der Waals surface area contributed by atoms with E-state index in [1.54, 1.807) is 31.4 Å². The van der Waals surface area contributed by atoms with Crippen LogP contribution in [0.25, 0.3) is 5.76 Å². The molecule has 4 bridgehead atoms. The van der Waals surface area contributed by atoms with Gasteiger partial charge in [-0.2, -0.15) is 0 Å². The van der Waals surface area contributed by atoms with Crippen molar-refractivity contribution >= 4 is 47.1 Å². The summed E-state index contributed by atoms with van der Waals surface area (Å²) in [5.41, 5.74) is 3.86. The Morgan fingerprint density at radius 1 is 0.855 bits per heavy atom. The molecule has 2 amide bonds. The third-order valence-electron chi connectivity index (χ3n) is 12.1. The summed E-state index contributed by atoms with van der Waals surface area (Å²) in [5, 5.41) is 0.861. The minimum absolute atomic E-state index is 0.00534. The van der Waals surface area contributed by atoms with E-state index in [1.807, 2.05) is 26.0 Å². The average Bonchev–Trinajstić information content (AvgIpc) is 3.45. The van der Waals surface area contributed by atoms with Crippen molar-refractivity contribution < 1.29 is 52.5 Å². The van der Waals surface area contributed by atoms with Crippen LogP contribution in [0.5, 0.6) is 5.75 Å². The number of halogens is 1. The van der Waals surface area contributed by atoms with E-state index in [0.29, 0.717) is 39.7 Å². The Morgan fingerprint density at radius 2 is 1.49 bits per heavy atom. The highest BCUT2D eigenvalue weighted by Crippen LogP contribution is 2.58. The largest absolute Gasteiger partial charge is 0.496 e. The number of imide groups is 1. The zero-order valence-electron chi connectivity index (χ0n) is 31.8. The monoisotopic (exact) mass is 777 g/mol. The molecule has 12 nitrogen and oxygen atoms in total. The molecule has 4 aliphatic carbocycles. The predicted octanol–water partition coefficient (Wildman–Crippen LogP) is 6.84. The minimum atomic E-state index is -1.07. The average molecular weight is 778 g/mol. The molecule has 8 rings (SSSR count). The van der Waals surface area contributed by atoms with Gasteiger partial charge >= 0.3 is 17.9 Å². The summed E-state index contributed by atoms with van der Waals surface area (Å²) < 4.78 is 30.4. The first kappa shape index (κ1) is 38.8. The number of esters is 2. The molecule has 0 radical (unpaired) electrons. The summed E-state index contributed by atoms with van der Waals surface area (Å²) in [7, 11) is 1.68. The lowest BCUT2D eigenvalue weighted by molar-refractivity contribution is -0.253. The van der Waals surface area contributed by atoms with E-state index in [2.05, 4.69) is 0 Å². The SMILES string of the molecule is COC(=C1C2CC3CC(C2)CC1C3)c1cc(Cc2ccc(C(=O)ON3C(=O)CCC3=O)cc2)cc(O[C@@H]2OC(COC(C)=O)[C@H](C)[C@H](C)C2OC(C)=O)c1Cl. The maximum absolute atomic E-state index is 12.8. The van der Waals surface area contributed by atoms with Crippen LogP contribution in [0.3, 0.4) is 0 Å². The lowest BCUT2D eigenvalue weighted by Gasteiger charge is -2.51. The van der Waals surface area contributed by atoms with Crippen LogP contribution < -0.4 is 4.74 Å². The number of ether oxygens (including phenoxy) is 5. The quantitative estimate of drug-likeness (QED) is 0.134. The normalized spacial score (nSPS) is 29.6. The summed E-state index contributed by atoms with van der Waals surface area (Å²) in [6.07, 6.45) is 3.91. The molecule has 2 aliphatic heterocycles. The molecule has 13 heteroatoms. The third-order valence-corrected chi connectivity index (χ3v) is 12.5. The number of amides is 2. The first-order valence-electron chi connectivity index (χ1n) is 19.2. The van der Waals surface area contributed by atoms with Gasteiger partial charge < -0.3 is 28.5 Å².